The summed E-state index contributed by atoms with van der Waals surface area (Å²) in [6.45, 7) is 9.26. The lowest BCUT2D eigenvalue weighted by Gasteiger charge is -2.14. The van der Waals surface area contributed by atoms with Crippen LogP contribution in [0.1, 0.15) is 11.1 Å². The number of rotatable bonds is 13. The van der Waals surface area contributed by atoms with E-state index in [0.29, 0.717) is 11.1 Å². The summed E-state index contributed by atoms with van der Waals surface area (Å²) in [4.78, 5) is 46.1. The molecule has 0 heterocycles. The van der Waals surface area contributed by atoms with E-state index in [2.05, 4.69) is 31.6 Å². The molecule has 0 bridgehead atoms. The van der Waals surface area contributed by atoms with Gasteiger partial charge in [0.25, 0.3) is 0 Å². The van der Waals surface area contributed by atoms with Crippen molar-refractivity contribution in [1.82, 2.24) is 0 Å². The lowest BCUT2D eigenvalue weighted by Crippen LogP contribution is -2.11. The van der Waals surface area contributed by atoms with E-state index < -0.39 is 37.5 Å². The summed E-state index contributed by atoms with van der Waals surface area (Å²) in [7, 11) is 0. The monoisotopic (exact) mass is 582 g/mol. The highest BCUT2D eigenvalue weighted by atomic mass is 16.7. The van der Waals surface area contributed by atoms with E-state index in [9.17, 15) is 19.2 Å². The van der Waals surface area contributed by atoms with Crippen LogP contribution >= 0.6 is 0 Å². The molecule has 0 fully saturated rings. The van der Waals surface area contributed by atoms with Crippen LogP contribution in [0.25, 0.3) is 11.1 Å². The highest BCUT2D eigenvalue weighted by Gasteiger charge is 2.11. The first kappa shape index (κ1) is 31.4. The van der Waals surface area contributed by atoms with Crippen molar-refractivity contribution in [3.05, 3.63) is 116 Å². The minimum absolute atomic E-state index is 0.0985. The van der Waals surface area contributed by atoms with Gasteiger partial charge in [0.05, 0.1) is 0 Å². The summed E-state index contributed by atoms with van der Waals surface area (Å²) in [6, 6.07) is 18.4. The van der Waals surface area contributed by atoms with E-state index >= 15 is 0 Å². The molecule has 0 amide bonds. The Bertz CT molecular complexity index is 1560. The molecule has 218 valence electrons. The zero-order valence-corrected chi connectivity index (χ0v) is 22.9. The standard InChI is InChI=1S/C33H26O10/c1-4-30(34)38-20-24-9-7-23(8-10-24)11-18-33(37)43-27-15-12-25(13-16-27)26-14-17-28(39-21-41-31(35)5-2)29(19-26)40-22-42-32(36)6-3/h4-10,12-17,19H,1-3,20-22H2. The van der Waals surface area contributed by atoms with Crippen molar-refractivity contribution in [3.63, 3.8) is 0 Å². The molecule has 43 heavy (non-hydrogen) atoms. The normalized spacial score (nSPS) is 9.67. The molecule has 0 atom stereocenters. The zero-order chi connectivity index (χ0) is 31.0. The number of carbonyl (C=O) groups is 4. The fraction of sp³-hybridized carbons (Fsp3) is 0.0909. The van der Waals surface area contributed by atoms with Gasteiger partial charge in [-0.1, -0.05) is 56.0 Å². The molecule has 3 rings (SSSR count). The van der Waals surface area contributed by atoms with Crippen molar-refractivity contribution in [1.29, 1.82) is 0 Å². The number of benzene rings is 3. The molecule has 0 aliphatic rings. The van der Waals surface area contributed by atoms with Gasteiger partial charge in [0.2, 0.25) is 13.6 Å². The molecule has 0 radical (unpaired) electrons. The Hall–Kier alpha value is -6.08. The fourth-order valence-corrected chi connectivity index (χ4v) is 3.21. The van der Waals surface area contributed by atoms with Crippen LogP contribution in [-0.4, -0.2) is 37.5 Å². The first-order valence-corrected chi connectivity index (χ1v) is 12.5. The van der Waals surface area contributed by atoms with Crippen molar-refractivity contribution in [2.75, 3.05) is 13.6 Å². The predicted molar refractivity (Wildman–Crippen MR) is 154 cm³/mol. The SMILES string of the molecule is C=CC(=O)OCOc1ccc(-c2ccc(OC(=O)C#Cc3ccc(COC(=O)C=C)cc3)cc2)cc1OCOC(=O)C=C. The average Bonchev–Trinajstić information content (AvgIpc) is 3.03. The zero-order valence-electron chi connectivity index (χ0n) is 22.9. The van der Waals surface area contributed by atoms with Crippen LogP contribution in [0.3, 0.4) is 0 Å². The van der Waals surface area contributed by atoms with Crippen molar-refractivity contribution >= 4 is 23.9 Å². The summed E-state index contributed by atoms with van der Waals surface area (Å²) in [5, 5.41) is 0. The van der Waals surface area contributed by atoms with Gasteiger partial charge in [-0.25, -0.2) is 19.2 Å². The highest BCUT2D eigenvalue weighted by Crippen LogP contribution is 2.33. The molecule has 0 aliphatic carbocycles. The quantitative estimate of drug-likeness (QED) is 0.0701. The van der Waals surface area contributed by atoms with Crippen LogP contribution in [0.5, 0.6) is 17.2 Å². The third-order valence-electron chi connectivity index (χ3n) is 5.32. The Morgan fingerprint density at radius 1 is 0.651 bits per heavy atom. The maximum absolute atomic E-state index is 12.2. The molecule has 0 saturated carbocycles. The van der Waals surface area contributed by atoms with Gasteiger partial charge in [0.15, 0.2) is 11.5 Å². The maximum atomic E-state index is 12.2. The van der Waals surface area contributed by atoms with Gasteiger partial charge in [-0.15, -0.1) is 0 Å². The van der Waals surface area contributed by atoms with Crippen molar-refractivity contribution in [2.45, 2.75) is 6.61 Å². The van der Waals surface area contributed by atoms with Crippen LogP contribution < -0.4 is 14.2 Å². The molecular formula is C33H26O10. The maximum Gasteiger partial charge on any atom is 0.390 e. The Balaban J connectivity index is 1.64. The van der Waals surface area contributed by atoms with Gasteiger partial charge in [0.1, 0.15) is 12.4 Å². The third kappa shape index (κ3) is 10.4. The molecule has 0 spiro atoms. The Kier molecular flexibility index (Phi) is 11.9. The second-order valence-corrected chi connectivity index (χ2v) is 8.19. The number of ether oxygens (including phenoxy) is 6. The average molecular weight is 583 g/mol. The van der Waals surface area contributed by atoms with Gasteiger partial charge in [-0.2, -0.15) is 0 Å². The Labute approximate surface area is 247 Å². The van der Waals surface area contributed by atoms with Gasteiger partial charge < -0.3 is 28.4 Å². The lowest BCUT2D eigenvalue weighted by atomic mass is 10.1. The van der Waals surface area contributed by atoms with Crippen LogP contribution in [0.2, 0.25) is 0 Å². The number of hydrogen-bond donors (Lipinski definition) is 0. The molecule has 10 heteroatoms. The first-order valence-electron chi connectivity index (χ1n) is 12.5. The van der Waals surface area contributed by atoms with E-state index in [-0.39, 0.29) is 23.9 Å². The molecule has 10 nitrogen and oxygen atoms in total. The van der Waals surface area contributed by atoms with E-state index in [1.165, 1.54) is 0 Å². The largest absolute Gasteiger partial charge is 0.458 e. The summed E-state index contributed by atoms with van der Waals surface area (Å²) in [6.07, 6.45) is 3.08. The van der Waals surface area contributed by atoms with Crippen molar-refractivity contribution < 1.29 is 47.6 Å². The summed E-state index contributed by atoms with van der Waals surface area (Å²) in [5.74, 6) is 3.26. The van der Waals surface area contributed by atoms with Gasteiger partial charge in [-0.05, 0) is 53.1 Å². The van der Waals surface area contributed by atoms with Gasteiger partial charge in [0, 0.05) is 29.7 Å². The van der Waals surface area contributed by atoms with Crippen LogP contribution in [-0.2, 0) is 40.0 Å². The highest BCUT2D eigenvalue weighted by molar-refractivity contribution is 5.91. The minimum Gasteiger partial charge on any atom is -0.458 e. The molecule has 3 aromatic carbocycles. The fourth-order valence-electron chi connectivity index (χ4n) is 3.21. The molecule has 3 aromatic rings. The Morgan fingerprint density at radius 3 is 1.81 bits per heavy atom. The molecule has 0 N–H and O–H groups in total. The lowest BCUT2D eigenvalue weighted by molar-refractivity contribution is -0.146. The van der Waals surface area contributed by atoms with Gasteiger partial charge in [-0.3, -0.25) is 0 Å². The Morgan fingerprint density at radius 2 is 1.21 bits per heavy atom. The summed E-state index contributed by atoms with van der Waals surface area (Å²) >= 11 is 0. The summed E-state index contributed by atoms with van der Waals surface area (Å²) in [5.41, 5.74) is 2.77. The second-order valence-electron chi connectivity index (χ2n) is 8.19. The van der Waals surface area contributed by atoms with E-state index in [4.69, 9.17) is 28.4 Å². The van der Waals surface area contributed by atoms with Crippen molar-refractivity contribution in [3.8, 4) is 40.2 Å². The van der Waals surface area contributed by atoms with Crippen molar-refractivity contribution in [2.24, 2.45) is 0 Å². The van der Waals surface area contributed by atoms with E-state index in [1.54, 1.807) is 66.7 Å². The predicted octanol–water partition coefficient (Wildman–Crippen LogP) is 4.67. The molecular weight excluding hydrogens is 556 g/mol. The first-order chi connectivity index (χ1) is 20.8. The van der Waals surface area contributed by atoms with E-state index in [0.717, 1.165) is 29.4 Å². The molecule has 0 aromatic heterocycles. The topological polar surface area (TPSA) is 124 Å². The minimum atomic E-state index is -0.750. The number of hydrogen-bond acceptors (Lipinski definition) is 10. The third-order valence-corrected chi connectivity index (χ3v) is 5.32. The number of esters is 4. The molecule has 0 saturated heterocycles. The second kappa shape index (κ2) is 16.2. The van der Waals surface area contributed by atoms with E-state index in [1.807, 2.05) is 0 Å². The van der Waals surface area contributed by atoms with Gasteiger partial charge >= 0.3 is 23.9 Å². The molecule has 0 unspecified atom stereocenters. The molecule has 0 aliphatic heterocycles. The summed E-state index contributed by atoms with van der Waals surface area (Å²) < 4.78 is 31.0. The van der Waals surface area contributed by atoms with Crippen LogP contribution in [0, 0.1) is 11.8 Å². The smallest absolute Gasteiger partial charge is 0.390 e. The number of carbonyl (C=O) groups excluding carboxylic acids is 4. The van der Waals surface area contributed by atoms with Crippen LogP contribution in [0.4, 0.5) is 0 Å². The van der Waals surface area contributed by atoms with Crippen LogP contribution in [0.15, 0.2) is 105 Å².